The Morgan fingerprint density at radius 1 is 1.39 bits per heavy atom. The van der Waals surface area contributed by atoms with E-state index in [1.807, 2.05) is 0 Å². The molecule has 0 aliphatic rings. The Morgan fingerprint density at radius 3 is 2.39 bits per heavy atom. The molecule has 102 valence electrons. The first-order valence-corrected chi connectivity index (χ1v) is 6.51. The molecule has 0 unspecified atom stereocenters. The second kappa shape index (κ2) is 4.94. The number of sulfonamides is 1. The van der Waals surface area contributed by atoms with Crippen molar-refractivity contribution >= 4 is 27.3 Å². The maximum Gasteiger partial charge on any atom is 0.402 e. The minimum Gasteiger partial charge on any atom is -0.397 e. The number of halogens is 4. The summed E-state index contributed by atoms with van der Waals surface area (Å²) in [4.78, 5) is -0.355. The average molecular weight is 303 g/mol. The van der Waals surface area contributed by atoms with Crippen molar-refractivity contribution in [3.63, 3.8) is 0 Å². The molecular weight excluding hydrogens is 293 g/mol. The molecule has 0 atom stereocenters. The second-order valence-corrected chi connectivity index (χ2v) is 5.73. The first kappa shape index (κ1) is 15.1. The lowest BCUT2D eigenvalue weighted by atomic mass is 10.2. The SMILES string of the molecule is Cc1cc(S(=O)(=O)NCC(F)(F)F)cc(N)c1Cl. The summed E-state index contributed by atoms with van der Waals surface area (Å²) in [5.41, 5.74) is 5.81. The highest BCUT2D eigenvalue weighted by atomic mass is 35.5. The van der Waals surface area contributed by atoms with Gasteiger partial charge in [0.05, 0.1) is 15.6 Å². The van der Waals surface area contributed by atoms with Crippen molar-refractivity contribution in [3.05, 3.63) is 22.7 Å². The largest absolute Gasteiger partial charge is 0.402 e. The van der Waals surface area contributed by atoms with Gasteiger partial charge in [0.2, 0.25) is 10.0 Å². The highest BCUT2D eigenvalue weighted by Crippen LogP contribution is 2.27. The molecule has 1 rings (SSSR count). The van der Waals surface area contributed by atoms with Crippen LogP contribution in [0.4, 0.5) is 18.9 Å². The third kappa shape index (κ3) is 3.76. The molecule has 0 aliphatic carbocycles. The molecule has 3 N–H and O–H groups in total. The van der Waals surface area contributed by atoms with Crippen LogP contribution in [0.5, 0.6) is 0 Å². The molecular formula is C9H10ClF3N2O2S. The summed E-state index contributed by atoms with van der Waals surface area (Å²) >= 11 is 5.73. The minimum absolute atomic E-state index is 0.0101. The number of alkyl halides is 3. The summed E-state index contributed by atoms with van der Waals surface area (Å²) in [6, 6.07) is 2.16. The lowest BCUT2D eigenvalue weighted by Gasteiger charge is -2.11. The van der Waals surface area contributed by atoms with Gasteiger partial charge in [0.15, 0.2) is 0 Å². The van der Waals surface area contributed by atoms with Gasteiger partial charge in [-0.2, -0.15) is 13.2 Å². The van der Waals surface area contributed by atoms with Gasteiger partial charge in [-0.3, -0.25) is 0 Å². The van der Waals surface area contributed by atoms with E-state index in [-0.39, 0.29) is 15.6 Å². The number of anilines is 1. The molecule has 1 aromatic carbocycles. The first-order chi connectivity index (χ1) is 8.03. The van der Waals surface area contributed by atoms with E-state index < -0.39 is 22.7 Å². The van der Waals surface area contributed by atoms with E-state index >= 15 is 0 Å². The summed E-state index contributed by atoms with van der Waals surface area (Å²) in [7, 11) is -4.26. The van der Waals surface area contributed by atoms with Crippen molar-refractivity contribution in [1.82, 2.24) is 4.72 Å². The maximum atomic E-state index is 12.0. The van der Waals surface area contributed by atoms with Gasteiger partial charge in [-0.15, -0.1) is 0 Å². The molecule has 0 bridgehead atoms. The predicted octanol–water partition coefficient (Wildman–Crippen LogP) is 2.07. The summed E-state index contributed by atoms with van der Waals surface area (Å²) in [6.45, 7) is -0.140. The van der Waals surface area contributed by atoms with Crippen molar-refractivity contribution in [2.45, 2.75) is 18.0 Å². The Bertz CT molecular complexity index is 534. The number of benzene rings is 1. The Morgan fingerprint density at radius 2 is 1.94 bits per heavy atom. The number of nitrogens with one attached hydrogen (secondary N) is 1. The lowest BCUT2D eigenvalue weighted by Crippen LogP contribution is -2.33. The van der Waals surface area contributed by atoms with E-state index in [0.717, 1.165) is 12.1 Å². The van der Waals surface area contributed by atoms with E-state index in [4.69, 9.17) is 17.3 Å². The van der Waals surface area contributed by atoms with Crippen LogP contribution in [0.1, 0.15) is 5.56 Å². The van der Waals surface area contributed by atoms with Crippen molar-refractivity contribution < 1.29 is 21.6 Å². The fourth-order valence-electron chi connectivity index (χ4n) is 1.18. The number of hydrogen-bond donors (Lipinski definition) is 2. The molecule has 0 saturated heterocycles. The van der Waals surface area contributed by atoms with Crippen LogP contribution in [0.2, 0.25) is 5.02 Å². The quantitative estimate of drug-likeness (QED) is 0.840. The molecule has 0 fully saturated rings. The van der Waals surface area contributed by atoms with Crippen LogP contribution in [0.15, 0.2) is 17.0 Å². The van der Waals surface area contributed by atoms with Gasteiger partial charge < -0.3 is 5.73 Å². The molecule has 0 spiro atoms. The Kier molecular flexibility index (Phi) is 4.14. The van der Waals surface area contributed by atoms with Gasteiger partial charge in [-0.1, -0.05) is 11.6 Å². The summed E-state index contributed by atoms with van der Waals surface area (Å²) in [5, 5.41) is 0.171. The Balaban J connectivity index is 3.07. The number of aryl methyl sites for hydroxylation is 1. The number of rotatable bonds is 3. The molecule has 0 aliphatic heterocycles. The molecule has 0 saturated carbocycles. The summed E-state index contributed by atoms with van der Waals surface area (Å²) < 4.78 is 60.5. The van der Waals surface area contributed by atoms with Crippen LogP contribution >= 0.6 is 11.6 Å². The number of hydrogen-bond acceptors (Lipinski definition) is 3. The Labute approximate surface area is 107 Å². The van der Waals surface area contributed by atoms with Crippen molar-refractivity contribution in [2.24, 2.45) is 0 Å². The monoisotopic (exact) mass is 302 g/mol. The smallest absolute Gasteiger partial charge is 0.397 e. The van der Waals surface area contributed by atoms with E-state index in [9.17, 15) is 21.6 Å². The van der Waals surface area contributed by atoms with Gasteiger partial charge in [0.25, 0.3) is 0 Å². The topological polar surface area (TPSA) is 72.2 Å². The number of nitrogens with two attached hydrogens (primary N) is 1. The molecule has 9 heteroatoms. The maximum absolute atomic E-state index is 12.0. The average Bonchev–Trinajstić information content (AvgIpc) is 2.21. The van der Waals surface area contributed by atoms with Gasteiger partial charge in [-0.25, -0.2) is 13.1 Å². The van der Waals surface area contributed by atoms with E-state index in [1.165, 1.54) is 11.6 Å². The van der Waals surface area contributed by atoms with Crippen molar-refractivity contribution in [3.8, 4) is 0 Å². The zero-order valence-electron chi connectivity index (χ0n) is 9.18. The van der Waals surface area contributed by atoms with Crippen LogP contribution in [-0.4, -0.2) is 21.1 Å². The second-order valence-electron chi connectivity index (χ2n) is 3.58. The zero-order valence-corrected chi connectivity index (χ0v) is 10.7. The normalized spacial score (nSPS) is 12.7. The highest BCUT2D eigenvalue weighted by molar-refractivity contribution is 7.89. The van der Waals surface area contributed by atoms with E-state index in [2.05, 4.69) is 0 Å². The minimum atomic E-state index is -4.62. The fraction of sp³-hybridized carbons (Fsp3) is 0.333. The van der Waals surface area contributed by atoms with Gasteiger partial charge in [-0.05, 0) is 24.6 Å². The summed E-state index contributed by atoms with van der Waals surface area (Å²) in [6.07, 6.45) is -4.62. The van der Waals surface area contributed by atoms with Gasteiger partial charge in [0, 0.05) is 0 Å². The standard InChI is InChI=1S/C9H10ClF3N2O2S/c1-5-2-6(3-7(14)8(5)10)18(16,17)15-4-9(11,12)13/h2-3,15H,4,14H2,1H3. The van der Waals surface area contributed by atoms with Crippen molar-refractivity contribution in [2.75, 3.05) is 12.3 Å². The van der Waals surface area contributed by atoms with Crippen LogP contribution in [-0.2, 0) is 10.0 Å². The van der Waals surface area contributed by atoms with Crippen LogP contribution in [0.3, 0.4) is 0 Å². The van der Waals surface area contributed by atoms with Crippen molar-refractivity contribution in [1.29, 1.82) is 0 Å². The molecule has 18 heavy (non-hydrogen) atoms. The zero-order chi connectivity index (χ0) is 14.1. The molecule has 0 heterocycles. The highest BCUT2D eigenvalue weighted by Gasteiger charge is 2.30. The summed E-state index contributed by atoms with van der Waals surface area (Å²) in [5.74, 6) is 0. The van der Waals surface area contributed by atoms with E-state index in [1.54, 1.807) is 0 Å². The molecule has 0 amide bonds. The lowest BCUT2D eigenvalue weighted by molar-refractivity contribution is -0.121. The van der Waals surface area contributed by atoms with Gasteiger partial charge in [0.1, 0.15) is 6.54 Å². The fourth-order valence-corrected chi connectivity index (χ4v) is 2.42. The van der Waals surface area contributed by atoms with Gasteiger partial charge >= 0.3 is 6.18 Å². The van der Waals surface area contributed by atoms with Crippen LogP contribution in [0, 0.1) is 6.92 Å². The van der Waals surface area contributed by atoms with E-state index in [0.29, 0.717) is 5.56 Å². The molecule has 1 aromatic rings. The van der Waals surface area contributed by atoms with Crippen LogP contribution in [0.25, 0.3) is 0 Å². The molecule has 0 radical (unpaired) electrons. The molecule has 4 nitrogen and oxygen atoms in total. The van der Waals surface area contributed by atoms with Crippen LogP contribution < -0.4 is 10.5 Å². The molecule has 0 aromatic heterocycles. The Hall–Kier alpha value is -0.990. The first-order valence-electron chi connectivity index (χ1n) is 4.65. The third-order valence-corrected chi connectivity index (χ3v) is 3.93. The third-order valence-electron chi connectivity index (χ3n) is 2.03. The number of nitrogen functional groups attached to an aromatic ring is 1. The predicted molar refractivity (Wildman–Crippen MR) is 61.8 cm³/mol.